The molecule has 76 valence electrons. The topological polar surface area (TPSA) is 37.3 Å². The van der Waals surface area contributed by atoms with Crippen LogP contribution < -0.4 is 0 Å². The number of carbonyl (C=O) groups is 1. The van der Waals surface area contributed by atoms with E-state index in [0.717, 1.165) is 6.42 Å². The molecule has 1 N–H and O–H groups in total. The number of thioether (sulfide) groups is 1. The molecule has 1 aromatic carbocycles. The zero-order valence-electron chi connectivity index (χ0n) is 8.14. The second kappa shape index (κ2) is 5.70. The van der Waals surface area contributed by atoms with E-state index >= 15 is 0 Å². The Morgan fingerprint density at radius 3 is 2.57 bits per heavy atom. The Morgan fingerprint density at radius 2 is 2.07 bits per heavy atom. The van der Waals surface area contributed by atoms with Gasteiger partial charge in [0, 0.05) is 5.25 Å². The Hall–Kier alpha value is -0.960. The first kappa shape index (κ1) is 11.1. The van der Waals surface area contributed by atoms with Crippen LogP contribution in [0, 0.1) is 0 Å². The van der Waals surface area contributed by atoms with Gasteiger partial charge in [-0.25, -0.2) is 0 Å². The van der Waals surface area contributed by atoms with Gasteiger partial charge >= 0.3 is 5.97 Å². The maximum atomic E-state index is 10.5. The fourth-order valence-corrected chi connectivity index (χ4v) is 1.98. The van der Waals surface area contributed by atoms with Crippen LogP contribution in [0.3, 0.4) is 0 Å². The molecule has 0 aliphatic rings. The zero-order chi connectivity index (χ0) is 10.4. The molecular formula is C11H14O2S. The van der Waals surface area contributed by atoms with Crippen LogP contribution in [0.25, 0.3) is 0 Å². The summed E-state index contributed by atoms with van der Waals surface area (Å²) < 4.78 is 0. The quantitative estimate of drug-likeness (QED) is 0.811. The lowest BCUT2D eigenvalue weighted by molar-refractivity contribution is -0.136. The van der Waals surface area contributed by atoms with Crippen LogP contribution in [0.4, 0.5) is 0 Å². The number of aliphatic carboxylic acids is 1. The minimum absolute atomic E-state index is 0.176. The van der Waals surface area contributed by atoms with Crippen molar-refractivity contribution < 1.29 is 9.90 Å². The summed E-state index contributed by atoms with van der Waals surface area (Å²) in [6, 6.07) is 9.99. The van der Waals surface area contributed by atoms with Gasteiger partial charge in [0.25, 0.3) is 0 Å². The summed E-state index contributed by atoms with van der Waals surface area (Å²) in [4.78, 5) is 10.5. The van der Waals surface area contributed by atoms with Crippen LogP contribution in [0.1, 0.15) is 12.0 Å². The molecule has 0 radical (unpaired) electrons. The lowest BCUT2D eigenvalue weighted by atomic mass is 10.1. The van der Waals surface area contributed by atoms with Crippen LogP contribution in [0.2, 0.25) is 0 Å². The lowest BCUT2D eigenvalue weighted by Gasteiger charge is -2.11. The molecule has 1 atom stereocenters. The van der Waals surface area contributed by atoms with Gasteiger partial charge in [0.15, 0.2) is 0 Å². The molecule has 0 heterocycles. The van der Waals surface area contributed by atoms with E-state index in [1.807, 2.05) is 36.6 Å². The van der Waals surface area contributed by atoms with Crippen LogP contribution in [-0.2, 0) is 11.2 Å². The fraction of sp³-hybridized carbons (Fsp3) is 0.364. The highest BCUT2D eigenvalue weighted by atomic mass is 32.2. The molecular weight excluding hydrogens is 196 g/mol. The zero-order valence-corrected chi connectivity index (χ0v) is 8.96. The van der Waals surface area contributed by atoms with Crippen LogP contribution >= 0.6 is 11.8 Å². The summed E-state index contributed by atoms with van der Waals surface area (Å²) in [5, 5.41) is 8.86. The van der Waals surface area contributed by atoms with Gasteiger partial charge in [-0.1, -0.05) is 30.3 Å². The van der Waals surface area contributed by atoms with Gasteiger partial charge in [-0.15, -0.1) is 0 Å². The summed E-state index contributed by atoms with van der Waals surface area (Å²) in [5.41, 5.74) is 1.20. The summed E-state index contributed by atoms with van der Waals surface area (Å²) >= 11 is 1.61. The lowest BCUT2D eigenvalue weighted by Crippen LogP contribution is -2.12. The Bertz CT molecular complexity index is 285. The average Bonchev–Trinajstić information content (AvgIpc) is 2.17. The van der Waals surface area contributed by atoms with E-state index in [-0.39, 0.29) is 11.7 Å². The number of carboxylic acid groups (broad SMARTS) is 1. The van der Waals surface area contributed by atoms with E-state index in [2.05, 4.69) is 0 Å². The van der Waals surface area contributed by atoms with Crippen LogP contribution in [-0.4, -0.2) is 22.6 Å². The van der Waals surface area contributed by atoms with E-state index in [1.165, 1.54) is 5.56 Å². The standard InChI is InChI=1S/C11H14O2S/c1-14-10(8-11(12)13)7-9-5-3-2-4-6-9/h2-6,10H,7-8H2,1H3,(H,12,13). The van der Waals surface area contributed by atoms with Gasteiger partial charge in [-0.2, -0.15) is 11.8 Å². The summed E-state index contributed by atoms with van der Waals surface area (Å²) in [5.74, 6) is -0.722. The number of hydrogen-bond donors (Lipinski definition) is 1. The summed E-state index contributed by atoms with van der Waals surface area (Å²) in [7, 11) is 0. The van der Waals surface area contributed by atoms with Crippen molar-refractivity contribution in [1.82, 2.24) is 0 Å². The molecule has 14 heavy (non-hydrogen) atoms. The third-order valence-corrected chi connectivity index (χ3v) is 3.04. The van der Waals surface area contributed by atoms with Gasteiger partial charge in [-0.05, 0) is 18.2 Å². The highest BCUT2D eigenvalue weighted by Gasteiger charge is 2.11. The Balaban J connectivity index is 2.53. The van der Waals surface area contributed by atoms with Crippen molar-refractivity contribution in [2.24, 2.45) is 0 Å². The van der Waals surface area contributed by atoms with Gasteiger partial charge in [0.2, 0.25) is 0 Å². The van der Waals surface area contributed by atoms with Crippen LogP contribution in [0.15, 0.2) is 30.3 Å². The van der Waals surface area contributed by atoms with E-state index in [4.69, 9.17) is 5.11 Å². The van der Waals surface area contributed by atoms with E-state index in [9.17, 15) is 4.79 Å². The third-order valence-electron chi connectivity index (χ3n) is 2.04. The Labute approximate surface area is 88.3 Å². The van der Waals surface area contributed by atoms with Crippen molar-refractivity contribution in [3.05, 3.63) is 35.9 Å². The predicted octanol–water partition coefficient (Wildman–Crippen LogP) is 2.44. The molecule has 1 unspecified atom stereocenters. The van der Waals surface area contributed by atoms with Crippen molar-refractivity contribution in [3.8, 4) is 0 Å². The third kappa shape index (κ3) is 3.83. The summed E-state index contributed by atoms with van der Waals surface area (Å²) in [6.07, 6.45) is 3.01. The second-order valence-electron chi connectivity index (χ2n) is 3.15. The van der Waals surface area contributed by atoms with Crippen molar-refractivity contribution >= 4 is 17.7 Å². The smallest absolute Gasteiger partial charge is 0.304 e. The molecule has 1 aromatic rings. The van der Waals surface area contributed by atoms with E-state index in [0.29, 0.717) is 0 Å². The van der Waals surface area contributed by atoms with E-state index < -0.39 is 5.97 Å². The first-order valence-electron chi connectivity index (χ1n) is 4.51. The SMILES string of the molecule is CSC(CC(=O)O)Cc1ccccc1. The molecule has 0 aliphatic heterocycles. The minimum Gasteiger partial charge on any atom is -0.481 e. The normalized spacial score (nSPS) is 12.4. The van der Waals surface area contributed by atoms with Gasteiger partial charge in [0.05, 0.1) is 6.42 Å². The molecule has 0 spiro atoms. The second-order valence-corrected chi connectivity index (χ2v) is 4.28. The maximum Gasteiger partial charge on any atom is 0.304 e. The van der Waals surface area contributed by atoms with Crippen molar-refractivity contribution in [3.63, 3.8) is 0 Å². The first-order chi connectivity index (χ1) is 6.72. The Morgan fingerprint density at radius 1 is 1.43 bits per heavy atom. The van der Waals surface area contributed by atoms with Gasteiger partial charge < -0.3 is 5.11 Å². The summed E-state index contributed by atoms with van der Waals surface area (Å²) in [6.45, 7) is 0. The Kier molecular flexibility index (Phi) is 4.53. The number of benzene rings is 1. The number of rotatable bonds is 5. The van der Waals surface area contributed by atoms with Crippen molar-refractivity contribution in [2.75, 3.05) is 6.26 Å². The minimum atomic E-state index is -0.722. The van der Waals surface area contributed by atoms with E-state index in [1.54, 1.807) is 11.8 Å². The molecule has 0 bridgehead atoms. The van der Waals surface area contributed by atoms with Crippen molar-refractivity contribution in [2.45, 2.75) is 18.1 Å². The average molecular weight is 210 g/mol. The van der Waals surface area contributed by atoms with Gasteiger partial charge in [-0.3, -0.25) is 4.79 Å². The van der Waals surface area contributed by atoms with Gasteiger partial charge in [0.1, 0.15) is 0 Å². The van der Waals surface area contributed by atoms with Crippen molar-refractivity contribution in [1.29, 1.82) is 0 Å². The fourth-order valence-electron chi connectivity index (χ4n) is 1.31. The number of hydrogen-bond acceptors (Lipinski definition) is 2. The monoisotopic (exact) mass is 210 g/mol. The molecule has 0 aliphatic carbocycles. The molecule has 0 amide bonds. The highest BCUT2D eigenvalue weighted by molar-refractivity contribution is 7.99. The molecule has 0 saturated carbocycles. The molecule has 2 nitrogen and oxygen atoms in total. The predicted molar refractivity (Wildman–Crippen MR) is 59.7 cm³/mol. The molecule has 3 heteroatoms. The first-order valence-corrected chi connectivity index (χ1v) is 5.79. The number of carboxylic acids is 1. The molecule has 1 rings (SSSR count). The maximum absolute atomic E-state index is 10.5. The molecule has 0 saturated heterocycles. The van der Waals surface area contributed by atoms with Crippen LogP contribution in [0.5, 0.6) is 0 Å². The molecule has 0 fully saturated rings. The largest absolute Gasteiger partial charge is 0.481 e. The molecule has 0 aromatic heterocycles. The highest BCUT2D eigenvalue weighted by Crippen LogP contribution is 2.16.